The number of unbranched alkanes of at least 4 members (excludes halogenated alkanes) is 2. The molecule has 1 aromatic heterocycles. The van der Waals surface area contributed by atoms with Gasteiger partial charge in [-0.2, -0.15) is 5.21 Å². The van der Waals surface area contributed by atoms with Gasteiger partial charge >= 0.3 is 12.1 Å². The van der Waals surface area contributed by atoms with Crippen LogP contribution in [0.25, 0.3) is 0 Å². The Hall–Kier alpha value is -5.01. The van der Waals surface area contributed by atoms with E-state index in [1.54, 1.807) is 26.8 Å². The SMILES string of the molecule is CCCCCNC(=O)[C@H](Cc1ccc(OCc2nn[nH]n2)c(C(=O)O)c1)NC(=O)[C@H](Cc1ccccc1)NC(=O)OC(C)(C)C. The van der Waals surface area contributed by atoms with Crippen molar-refractivity contribution in [3.05, 3.63) is 71.0 Å². The fourth-order valence-electron chi connectivity index (χ4n) is 4.32. The zero-order chi connectivity index (χ0) is 32.8. The lowest BCUT2D eigenvalue weighted by molar-refractivity contribution is -0.130. The lowest BCUT2D eigenvalue weighted by atomic mass is 10.0. The van der Waals surface area contributed by atoms with E-state index in [4.69, 9.17) is 9.47 Å². The highest BCUT2D eigenvalue weighted by Gasteiger charge is 2.29. The number of tetrazole rings is 1. The molecular formula is C31H41N7O7. The maximum Gasteiger partial charge on any atom is 0.408 e. The van der Waals surface area contributed by atoms with Gasteiger partial charge in [0.1, 0.15) is 29.0 Å². The molecule has 2 aromatic carbocycles. The number of benzene rings is 2. The Labute approximate surface area is 261 Å². The van der Waals surface area contributed by atoms with E-state index in [9.17, 15) is 24.3 Å². The van der Waals surface area contributed by atoms with E-state index < -0.39 is 41.6 Å². The molecule has 14 heteroatoms. The lowest BCUT2D eigenvalue weighted by Gasteiger charge is -2.25. The summed E-state index contributed by atoms with van der Waals surface area (Å²) < 4.78 is 11.0. The topological polar surface area (TPSA) is 198 Å². The molecule has 3 aromatic rings. The van der Waals surface area contributed by atoms with Crippen LogP contribution < -0.4 is 20.7 Å². The predicted molar refractivity (Wildman–Crippen MR) is 163 cm³/mol. The van der Waals surface area contributed by atoms with E-state index in [-0.39, 0.29) is 36.6 Å². The van der Waals surface area contributed by atoms with Gasteiger partial charge in [0.25, 0.3) is 0 Å². The minimum absolute atomic E-state index is 0.0265. The number of ether oxygens (including phenoxy) is 2. The van der Waals surface area contributed by atoms with Gasteiger partial charge < -0.3 is 30.5 Å². The van der Waals surface area contributed by atoms with Crippen molar-refractivity contribution in [2.24, 2.45) is 0 Å². The molecule has 0 saturated carbocycles. The van der Waals surface area contributed by atoms with Crippen LogP contribution in [-0.2, 0) is 33.8 Å². The number of carbonyl (C=O) groups excluding carboxylic acids is 3. The van der Waals surface area contributed by atoms with Gasteiger partial charge in [-0.05, 0) is 50.5 Å². The average Bonchev–Trinajstić information content (AvgIpc) is 3.51. The highest BCUT2D eigenvalue weighted by Crippen LogP contribution is 2.22. The third-order valence-electron chi connectivity index (χ3n) is 6.46. The molecule has 0 spiro atoms. The number of aromatic amines is 1. The number of aromatic carboxylic acids is 1. The van der Waals surface area contributed by atoms with Gasteiger partial charge in [0.2, 0.25) is 17.6 Å². The fourth-order valence-corrected chi connectivity index (χ4v) is 4.32. The van der Waals surface area contributed by atoms with E-state index in [0.29, 0.717) is 12.1 Å². The minimum Gasteiger partial charge on any atom is -0.485 e. The number of carboxylic acid groups (broad SMARTS) is 1. The first-order valence-corrected chi connectivity index (χ1v) is 14.8. The second kappa shape index (κ2) is 16.7. The summed E-state index contributed by atoms with van der Waals surface area (Å²) in [6.45, 7) is 7.49. The van der Waals surface area contributed by atoms with Crippen LogP contribution in [0.4, 0.5) is 4.79 Å². The van der Waals surface area contributed by atoms with E-state index in [2.05, 4.69) is 36.6 Å². The van der Waals surface area contributed by atoms with Crippen LogP contribution in [0.5, 0.6) is 5.75 Å². The molecular weight excluding hydrogens is 582 g/mol. The number of alkyl carbamates (subject to hydrolysis) is 1. The summed E-state index contributed by atoms with van der Waals surface area (Å²) >= 11 is 0. The van der Waals surface area contributed by atoms with Gasteiger partial charge in [-0.3, -0.25) is 9.59 Å². The molecule has 0 aliphatic heterocycles. The van der Waals surface area contributed by atoms with E-state index in [0.717, 1.165) is 24.8 Å². The maximum absolute atomic E-state index is 13.7. The first-order valence-electron chi connectivity index (χ1n) is 14.8. The van der Waals surface area contributed by atoms with Crippen LogP contribution in [0.15, 0.2) is 48.5 Å². The molecule has 0 saturated heterocycles. The third kappa shape index (κ3) is 11.9. The number of nitrogens with one attached hydrogen (secondary N) is 4. The van der Waals surface area contributed by atoms with Crippen LogP contribution in [0, 0.1) is 0 Å². The number of hydrogen-bond acceptors (Lipinski definition) is 9. The van der Waals surface area contributed by atoms with E-state index >= 15 is 0 Å². The summed E-state index contributed by atoms with van der Waals surface area (Å²) in [6, 6.07) is 11.5. The molecule has 2 atom stereocenters. The highest BCUT2D eigenvalue weighted by atomic mass is 16.6. The zero-order valence-corrected chi connectivity index (χ0v) is 26.0. The van der Waals surface area contributed by atoms with Crippen LogP contribution in [0.3, 0.4) is 0 Å². The molecule has 1 heterocycles. The molecule has 0 aliphatic carbocycles. The van der Waals surface area contributed by atoms with Crippen molar-refractivity contribution in [3.63, 3.8) is 0 Å². The van der Waals surface area contributed by atoms with Crippen molar-refractivity contribution in [2.75, 3.05) is 6.54 Å². The second-order valence-electron chi connectivity index (χ2n) is 11.4. The Morgan fingerprint density at radius 1 is 0.933 bits per heavy atom. The van der Waals surface area contributed by atoms with Gasteiger partial charge in [-0.15, -0.1) is 10.2 Å². The molecule has 14 nitrogen and oxygen atoms in total. The molecule has 45 heavy (non-hydrogen) atoms. The number of nitrogens with zero attached hydrogens (tertiary/aromatic N) is 3. The minimum atomic E-state index is -1.24. The first-order chi connectivity index (χ1) is 21.4. The fraction of sp³-hybridized carbons (Fsp3) is 0.452. The number of carbonyl (C=O) groups is 4. The van der Waals surface area contributed by atoms with Crippen molar-refractivity contribution < 1.29 is 33.8 Å². The third-order valence-corrected chi connectivity index (χ3v) is 6.46. The molecule has 3 amide bonds. The number of aromatic nitrogens is 4. The summed E-state index contributed by atoms with van der Waals surface area (Å²) in [5.74, 6) is -1.97. The van der Waals surface area contributed by atoms with Gasteiger partial charge in [0, 0.05) is 19.4 Å². The summed E-state index contributed by atoms with van der Waals surface area (Å²) in [6.07, 6.45) is 1.99. The molecule has 0 aliphatic rings. The van der Waals surface area contributed by atoms with Crippen molar-refractivity contribution >= 4 is 23.9 Å². The number of carboxylic acids is 1. The summed E-state index contributed by atoms with van der Waals surface area (Å²) in [5, 5.41) is 31.4. The first kappa shape index (κ1) is 34.5. The van der Waals surface area contributed by atoms with Crippen molar-refractivity contribution in [1.82, 2.24) is 36.6 Å². The molecule has 0 radical (unpaired) electrons. The Morgan fingerprint density at radius 2 is 1.64 bits per heavy atom. The Balaban J connectivity index is 1.83. The van der Waals surface area contributed by atoms with Crippen LogP contribution in [0.2, 0.25) is 0 Å². The summed E-state index contributed by atoms with van der Waals surface area (Å²) in [4.78, 5) is 51.8. The predicted octanol–water partition coefficient (Wildman–Crippen LogP) is 2.95. The monoisotopic (exact) mass is 623 g/mol. The molecule has 0 fully saturated rings. The van der Waals surface area contributed by atoms with Crippen LogP contribution in [-0.4, -0.2) is 73.8 Å². The largest absolute Gasteiger partial charge is 0.485 e. The smallest absolute Gasteiger partial charge is 0.408 e. The number of hydrogen-bond donors (Lipinski definition) is 5. The van der Waals surface area contributed by atoms with Crippen LogP contribution in [0.1, 0.15) is 74.3 Å². The molecule has 242 valence electrons. The maximum atomic E-state index is 13.7. The number of rotatable bonds is 16. The summed E-state index contributed by atoms with van der Waals surface area (Å²) in [7, 11) is 0. The second-order valence-corrected chi connectivity index (χ2v) is 11.4. The van der Waals surface area contributed by atoms with Crippen molar-refractivity contribution in [1.29, 1.82) is 0 Å². The van der Waals surface area contributed by atoms with Gasteiger partial charge in [-0.1, -0.05) is 61.4 Å². The van der Waals surface area contributed by atoms with Gasteiger partial charge in [0.05, 0.1) is 0 Å². The van der Waals surface area contributed by atoms with Gasteiger partial charge in [0.15, 0.2) is 6.61 Å². The normalized spacial score (nSPS) is 12.4. The Kier molecular flexibility index (Phi) is 12.8. The number of amides is 3. The van der Waals surface area contributed by atoms with Crippen molar-refractivity contribution in [2.45, 2.75) is 84.1 Å². The Morgan fingerprint density at radius 3 is 2.29 bits per heavy atom. The molecule has 0 unspecified atom stereocenters. The zero-order valence-electron chi connectivity index (χ0n) is 26.0. The van der Waals surface area contributed by atoms with Gasteiger partial charge in [-0.25, -0.2) is 9.59 Å². The quantitative estimate of drug-likeness (QED) is 0.148. The molecule has 3 rings (SSSR count). The molecule has 5 N–H and O–H groups in total. The van der Waals surface area contributed by atoms with Crippen molar-refractivity contribution in [3.8, 4) is 5.75 Å². The summed E-state index contributed by atoms with van der Waals surface area (Å²) in [5.41, 5.74) is 0.324. The Bertz CT molecular complexity index is 1410. The highest BCUT2D eigenvalue weighted by molar-refractivity contribution is 5.92. The average molecular weight is 624 g/mol. The van der Waals surface area contributed by atoms with E-state index in [1.165, 1.54) is 12.1 Å². The van der Waals surface area contributed by atoms with E-state index in [1.807, 2.05) is 37.3 Å². The number of H-pyrrole nitrogens is 1. The molecule has 0 bridgehead atoms. The van der Waals surface area contributed by atoms with Crippen LogP contribution >= 0.6 is 0 Å². The lowest BCUT2D eigenvalue weighted by Crippen LogP contribution is -2.55. The standard InChI is InChI=1S/C31H41N7O7/c1-5-6-10-15-32-27(39)23(18-21-13-14-25(22(16-21)29(41)42)44-19-26-35-37-38-36-26)33-28(40)24(17-20-11-8-7-9-12-20)34-30(43)45-31(2,3)4/h7-9,11-14,16,23-24H,5-6,10,15,17-19H2,1-4H3,(H,32,39)(H,33,40)(H,34,43)(H,41,42)(H,35,36,37,38)/t23-,24-/m0/s1.